The minimum atomic E-state index is -4.21. The molecule has 0 saturated carbocycles. The first-order chi connectivity index (χ1) is 18.2. The highest BCUT2D eigenvalue weighted by Gasteiger charge is 2.55. The van der Waals surface area contributed by atoms with Gasteiger partial charge in [0.15, 0.2) is 12.0 Å². The van der Waals surface area contributed by atoms with E-state index in [1.54, 1.807) is 17.3 Å². The van der Waals surface area contributed by atoms with Crippen LogP contribution >= 0.6 is 0 Å². The Kier molecular flexibility index (Phi) is 7.02. The molecule has 5 rings (SSSR count). The van der Waals surface area contributed by atoms with Gasteiger partial charge in [0.25, 0.3) is 0 Å². The first-order valence-corrected chi connectivity index (χ1v) is 14.2. The second kappa shape index (κ2) is 10.3. The number of hydrogen-bond acceptors (Lipinski definition) is 6. The van der Waals surface area contributed by atoms with Crippen LogP contribution in [0.2, 0.25) is 0 Å². The van der Waals surface area contributed by atoms with Crippen molar-refractivity contribution >= 4 is 21.7 Å². The van der Waals surface area contributed by atoms with Crippen LogP contribution in [0.3, 0.4) is 0 Å². The summed E-state index contributed by atoms with van der Waals surface area (Å²) >= 11 is 0. The molecule has 2 aromatic heterocycles. The summed E-state index contributed by atoms with van der Waals surface area (Å²) in [5, 5.41) is 11.8. The molecule has 3 unspecified atom stereocenters. The molecule has 0 aliphatic carbocycles. The molecule has 2 fully saturated rings. The minimum Gasteiger partial charge on any atom is -0.618 e. The van der Waals surface area contributed by atoms with Gasteiger partial charge < -0.3 is 10.1 Å². The molecule has 1 amide bonds. The van der Waals surface area contributed by atoms with Crippen LogP contribution in [0.1, 0.15) is 38.2 Å². The average molecular weight is 535 g/mol. The maximum atomic E-state index is 14.0. The second-order valence-corrected chi connectivity index (χ2v) is 12.1. The third-order valence-corrected chi connectivity index (χ3v) is 9.17. The number of rotatable bonds is 7. The number of benzene rings is 1. The molecule has 0 radical (unpaired) electrons. The molecule has 0 bridgehead atoms. The highest BCUT2D eigenvalue weighted by atomic mass is 32.2. The van der Waals surface area contributed by atoms with E-state index in [4.69, 9.17) is 0 Å². The Balaban J connectivity index is 1.44. The van der Waals surface area contributed by atoms with Gasteiger partial charge in [-0.3, -0.25) is 14.6 Å². The maximum Gasteiger partial charge on any atom is 0.323 e. The van der Waals surface area contributed by atoms with Crippen LogP contribution in [0.25, 0.3) is 11.1 Å². The van der Waals surface area contributed by atoms with Gasteiger partial charge in [0.1, 0.15) is 6.04 Å². The number of pyridine rings is 2. The Morgan fingerprint density at radius 1 is 1.13 bits per heavy atom. The fourth-order valence-corrected chi connectivity index (χ4v) is 7.25. The smallest absolute Gasteiger partial charge is 0.323 e. The molecule has 10 heteroatoms. The predicted octanol–water partition coefficient (Wildman–Crippen LogP) is 2.75. The standard InChI is InChI=1S/C28H30N4O5S/c1-19(2)15-23(21-8-5-7-20(16-21)22-9-6-12-29-17-22)28(34)30-14-11-24-27(30)25(33)18-32(24)38(36,37)26-10-3-4-13-31(26)35/h3-10,12-13,16-17,19,23-24,27H,11,14-15,18H2,1-2H3. The summed E-state index contributed by atoms with van der Waals surface area (Å²) in [4.78, 5) is 33.0. The van der Waals surface area contributed by atoms with Crippen molar-refractivity contribution in [3.8, 4) is 11.1 Å². The lowest BCUT2D eigenvalue weighted by Gasteiger charge is -2.29. The molecule has 4 heterocycles. The Morgan fingerprint density at radius 3 is 2.63 bits per heavy atom. The van der Waals surface area contributed by atoms with Crippen molar-refractivity contribution < 1.29 is 22.7 Å². The Morgan fingerprint density at radius 2 is 1.92 bits per heavy atom. The van der Waals surface area contributed by atoms with Gasteiger partial charge in [0, 0.05) is 31.1 Å². The largest absolute Gasteiger partial charge is 0.618 e. The number of ketones is 1. The van der Waals surface area contributed by atoms with E-state index in [-0.39, 0.29) is 30.7 Å². The molecule has 9 nitrogen and oxygen atoms in total. The number of carbonyl (C=O) groups is 2. The monoisotopic (exact) mass is 534 g/mol. The number of likely N-dealkylation sites (tertiary alicyclic amines) is 1. The van der Waals surface area contributed by atoms with E-state index in [0.717, 1.165) is 27.2 Å². The van der Waals surface area contributed by atoms with Crippen LogP contribution in [0.5, 0.6) is 0 Å². The van der Waals surface area contributed by atoms with E-state index in [2.05, 4.69) is 4.98 Å². The predicted molar refractivity (Wildman–Crippen MR) is 140 cm³/mol. The zero-order chi connectivity index (χ0) is 27.0. The summed E-state index contributed by atoms with van der Waals surface area (Å²) < 4.78 is 28.1. The summed E-state index contributed by atoms with van der Waals surface area (Å²) in [6, 6.07) is 14.2. The number of nitrogens with zero attached hydrogens (tertiary/aromatic N) is 4. The van der Waals surface area contributed by atoms with Gasteiger partial charge in [-0.2, -0.15) is 9.04 Å². The first kappa shape index (κ1) is 26.0. The molecular weight excluding hydrogens is 504 g/mol. The zero-order valence-electron chi connectivity index (χ0n) is 21.3. The van der Waals surface area contributed by atoms with Gasteiger partial charge >= 0.3 is 15.0 Å². The number of amides is 1. The van der Waals surface area contributed by atoms with E-state index >= 15 is 0 Å². The van der Waals surface area contributed by atoms with Gasteiger partial charge in [-0.1, -0.05) is 44.2 Å². The van der Waals surface area contributed by atoms with Crippen molar-refractivity contribution in [1.82, 2.24) is 14.2 Å². The number of Topliss-reactive ketones (excluding diaryl/α,β-unsaturated/α-hetero) is 1. The lowest BCUT2D eigenvalue weighted by atomic mass is 9.87. The number of hydrogen-bond donors (Lipinski definition) is 0. The van der Waals surface area contributed by atoms with Gasteiger partial charge in [0.2, 0.25) is 5.91 Å². The molecule has 2 aliphatic heterocycles. The minimum absolute atomic E-state index is 0.180. The Bertz CT molecular complexity index is 1460. The molecule has 3 atom stereocenters. The highest BCUT2D eigenvalue weighted by molar-refractivity contribution is 7.89. The molecule has 1 aromatic carbocycles. The lowest BCUT2D eigenvalue weighted by molar-refractivity contribution is -0.646. The molecule has 0 spiro atoms. The van der Waals surface area contributed by atoms with E-state index in [9.17, 15) is 23.2 Å². The molecule has 38 heavy (non-hydrogen) atoms. The number of sulfonamides is 1. The van der Waals surface area contributed by atoms with Crippen LogP contribution in [-0.2, 0) is 19.6 Å². The fourth-order valence-electron chi connectivity index (χ4n) is 5.59. The number of fused-ring (bicyclic) bond motifs is 1. The molecule has 0 N–H and O–H groups in total. The molecule has 2 aliphatic rings. The first-order valence-electron chi connectivity index (χ1n) is 12.7. The lowest BCUT2D eigenvalue weighted by Crippen LogP contribution is -2.46. The van der Waals surface area contributed by atoms with Crippen LogP contribution in [-0.4, -0.2) is 59.5 Å². The Labute approximate surface area is 222 Å². The van der Waals surface area contributed by atoms with E-state index in [1.807, 2.05) is 50.2 Å². The SMILES string of the molecule is CC(C)CC(C(=O)N1CCC2C1C(=O)CN2S(=O)(=O)c1cccc[n+]1[O-])c1cccc(-c2cccnc2)c1. The van der Waals surface area contributed by atoms with Crippen molar-refractivity contribution in [2.75, 3.05) is 13.1 Å². The van der Waals surface area contributed by atoms with Crippen LogP contribution in [0, 0.1) is 11.1 Å². The highest BCUT2D eigenvalue weighted by Crippen LogP contribution is 2.37. The molecule has 2 saturated heterocycles. The summed E-state index contributed by atoms with van der Waals surface area (Å²) in [7, 11) is -4.21. The van der Waals surface area contributed by atoms with Gasteiger partial charge in [0.05, 0.1) is 18.5 Å². The normalized spacial score (nSPS) is 20.6. The number of aromatic nitrogens is 2. The fraction of sp³-hybridized carbons (Fsp3) is 0.357. The van der Waals surface area contributed by atoms with Crippen LogP contribution < -0.4 is 4.73 Å². The second-order valence-electron chi connectivity index (χ2n) is 10.3. The van der Waals surface area contributed by atoms with Crippen molar-refractivity contribution in [1.29, 1.82) is 0 Å². The zero-order valence-corrected chi connectivity index (χ0v) is 22.1. The summed E-state index contributed by atoms with van der Waals surface area (Å²) in [5.41, 5.74) is 2.73. The molecule has 3 aromatic rings. The molecule has 198 valence electrons. The third kappa shape index (κ3) is 4.69. The third-order valence-electron chi connectivity index (χ3n) is 7.31. The van der Waals surface area contributed by atoms with Crippen molar-refractivity contribution in [2.45, 2.75) is 49.7 Å². The maximum absolute atomic E-state index is 14.0. The quantitative estimate of drug-likeness (QED) is 0.340. The average Bonchev–Trinajstić information content (AvgIpc) is 3.49. The van der Waals surface area contributed by atoms with Crippen LogP contribution in [0.15, 0.2) is 78.2 Å². The molecular formula is C28H30N4O5S. The van der Waals surface area contributed by atoms with Crippen LogP contribution in [0.4, 0.5) is 0 Å². The summed E-state index contributed by atoms with van der Waals surface area (Å²) in [6.07, 6.45) is 5.51. The van der Waals surface area contributed by atoms with E-state index in [1.165, 1.54) is 18.2 Å². The summed E-state index contributed by atoms with van der Waals surface area (Å²) in [5.74, 6) is -0.779. The van der Waals surface area contributed by atoms with Gasteiger partial charge in [-0.15, -0.1) is 0 Å². The van der Waals surface area contributed by atoms with Crippen molar-refractivity contribution in [3.05, 3.63) is 84.0 Å². The van der Waals surface area contributed by atoms with E-state index in [0.29, 0.717) is 17.6 Å². The van der Waals surface area contributed by atoms with Crippen molar-refractivity contribution in [2.24, 2.45) is 5.92 Å². The van der Waals surface area contributed by atoms with Gasteiger partial charge in [-0.25, -0.2) is 8.42 Å². The van der Waals surface area contributed by atoms with Gasteiger partial charge in [-0.05, 0) is 47.6 Å². The topological polar surface area (TPSA) is 115 Å². The Hall–Kier alpha value is -3.63. The van der Waals surface area contributed by atoms with Crippen molar-refractivity contribution in [3.63, 3.8) is 0 Å². The van der Waals surface area contributed by atoms with E-state index < -0.39 is 33.1 Å². The number of carbonyl (C=O) groups excluding carboxylic acids is 2. The summed E-state index contributed by atoms with van der Waals surface area (Å²) in [6.45, 7) is 4.01.